The molecule has 1 aromatic carbocycles. The summed E-state index contributed by atoms with van der Waals surface area (Å²) in [6.07, 6.45) is 7.18. The molecule has 0 aromatic heterocycles. The third-order valence-corrected chi connectivity index (χ3v) is 4.59. The summed E-state index contributed by atoms with van der Waals surface area (Å²) in [7, 11) is 0. The number of ether oxygens (including phenoxy) is 1. The predicted octanol–water partition coefficient (Wildman–Crippen LogP) is 4.43. The van der Waals surface area contributed by atoms with Crippen LogP contribution in [0.25, 0.3) is 0 Å². The summed E-state index contributed by atoms with van der Waals surface area (Å²) in [5.41, 5.74) is 0. The van der Waals surface area contributed by atoms with Crippen LogP contribution < -0.4 is 10.1 Å². The Kier molecular flexibility index (Phi) is 6.36. The largest absolute Gasteiger partial charge is 0.483 e. The number of hydrogen-bond acceptors (Lipinski definition) is 2. The van der Waals surface area contributed by atoms with Crippen LogP contribution in [0.2, 0.25) is 0 Å². The van der Waals surface area contributed by atoms with Gasteiger partial charge in [0.2, 0.25) is 0 Å². The average molecular weight is 405 g/mol. The molecular formula is C15H19Br2NO2. The van der Waals surface area contributed by atoms with Crippen LogP contribution in [0.1, 0.15) is 38.5 Å². The van der Waals surface area contributed by atoms with Gasteiger partial charge in [0.05, 0.1) is 4.47 Å². The first-order valence-electron chi connectivity index (χ1n) is 7.02. The molecule has 5 heteroatoms. The fourth-order valence-corrected chi connectivity index (χ4v) is 3.59. The topological polar surface area (TPSA) is 38.3 Å². The molecule has 1 aromatic rings. The molecule has 0 heterocycles. The fourth-order valence-electron chi connectivity index (χ4n) is 2.43. The predicted molar refractivity (Wildman–Crippen MR) is 87.0 cm³/mol. The van der Waals surface area contributed by atoms with Crippen LogP contribution >= 0.6 is 31.9 Å². The molecule has 0 spiro atoms. The van der Waals surface area contributed by atoms with E-state index in [9.17, 15) is 4.79 Å². The summed E-state index contributed by atoms with van der Waals surface area (Å²) < 4.78 is 7.36. The van der Waals surface area contributed by atoms with Crippen LogP contribution in [0.15, 0.2) is 27.1 Å². The molecule has 3 nitrogen and oxygen atoms in total. The Labute approximate surface area is 136 Å². The van der Waals surface area contributed by atoms with Crippen molar-refractivity contribution in [2.24, 2.45) is 0 Å². The second-order valence-corrected chi connectivity index (χ2v) is 6.89. The van der Waals surface area contributed by atoms with Gasteiger partial charge in [-0.2, -0.15) is 0 Å². The molecule has 1 aliphatic carbocycles. The van der Waals surface area contributed by atoms with Gasteiger partial charge in [0.25, 0.3) is 5.91 Å². The number of benzene rings is 1. The second-order valence-electron chi connectivity index (χ2n) is 5.12. The van der Waals surface area contributed by atoms with Crippen LogP contribution in [0.4, 0.5) is 0 Å². The summed E-state index contributed by atoms with van der Waals surface area (Å²) >= 11 is 6.80. The molecule has 110 valence electrons. The average Bonchev–Trinajstić information content (AvgIpc) is 2.66. The summed E-state index contributed by atoms with van der Waals surface area (Å²) in [6, 6.07) is 5.96. The number of amides is 1. The molecule has 1 saturated carbocycles. The minimum absolute atomic E-state index is 0.0354. The molecule has 0 unspecified atom stereocenters. The molecule has 0 radical (unpaired) electrons. The molecule has 0 aliphatic heterocycles. The standard InChI is InChI=1S/C15H19Br2NO2/c16-11-7-8-14(13(17)9-11)20-10-15(19)18-12-5-3-1-2-4-6-12/h7-9,12H,1-6,10H2,(H,18,19). The quantitative estimate of drug-likeness (QED) is 0.753. The highest BCUT2D eigenvalue weighted by Gasteiger charge is 2.15. The monoisotopic (exact) mass is 403 g/mol. The Morgan fingerprint density at radius 1 is 1.20 bits per heavy atom. The molecular weight excluding hydrogens is 386 g/mol. The Morgan fingerprint density at radius 2 is 1.90 bits per heavy atom. The van der Waals surface area contributed by atoms with E-state index in [4.69, 9.17) is 4.74 Å². The van der Waals surface area contributed by atoms with Crippen molar-refractivity contribution in [3.63, 3.8) is 0 Å². The van der Waals surface area contributed by atoms with E-state index in [2.05, 4.69) is 37.2 Å². The molecule has 1 amide bonds. The lowest BCUT2D eigenvalue weighted by Gasteiger charge is -2.16. The zero-order valence-corrected chi connectivity index (χ0v) is 14.5. The van der Waals surface area contributed by atoms with Crippen LogP contribution in [-0.4, -0.2) is 18.6 Å². The fraction of sp³-hybridized carbons (Fsp3) is 0.533. The maximum absolute atomic E-state index is 11.9. The maximum Gasteiger partial charge on any atom is 0.258 e. The minimum Gasteiger partial charge on any atom is -0.483 e. The highest BCUT2D eigenvalue weighted by atomic mass is 79.9. The van der Waals surface area contributed by atoms with Gasteiger partial charge in [-0.15, -0.1) is 0 Å². The van der Waals surface area contributed by atoms with Crippen LogP contribution in [-0.2, 0) is 4.79 Å². The van der Waals surface area contributed by atoms with E-state index in [0.29, 0.717) is 11.8 Å². The lowest BCUT2D eigenvalue weighted by Crippen LogP contribution is -2.37. The summed E-state index contributed by atoms with van der Waals surface area (Å²) in [4.78, 5) is 11.9. The van der Waals surface area contributed by atoms with Crippen molar-refractivity contribution in [3.05, 3.63) is 27.1 Å². The lowest BCUT2D eigenvalue weighted by molar-refractivity contribution is -0.123. The van der Waals surface area contributed by atoms with Crippen molar-refractivity contribution in [2.45, 2.75) is 44.6 Å². The van der Waals surface area contributed by atoms with Crippen molar-refractivity contribution in [2.75, 3.05) is 6.61 Å². The molecule has 1 N–H and O–H groups in total. The van der Waals surface area contributed by atoms with E-state index in [1.54, 1.807) is 0 Å². The van der Waals surface area contributed by atoms with Gasteiger partial charge in [0, 0.05) is 10.5 Å². The van der Waals surface area contributed by atoms with E-state index < -0.39 is 0 Å². The molecule has 20 heavy (non-hydrogen) atoms. The van der Waals surface area contributed by atoms with Crippen LogP contribution in [0, 0.1) is 0 Å². The first-order chi connectivity index (χ1) is 9.65. The molecule has 0 atom stereocenters. The van der Waals surface area contributed by atoms with E-state index in [0.717, 1.165) is 21.8 Å². The van der Waals surface area contributed by atoms with Gasteiger partial charge in [0.15, 0.2) is 6.61 Å². The second kappa shape index (κ2) is 8.03. The minimum atomic E-state index is -0.0354. The van der Waals surface area contributed by atoms with Crippen molar-refractivity contribution < 1.29 is 9.53 Å². The third kappa shape index (κ3) is 5.09. The number of halogens is 2. The Bertz CT molecular complexity index is 457. The zero-order chi connectivity index (χ0) is 14.4. The smallest absolute Gasteiger partial charge is 0.258 e. The molecule has 1 fully saturated rings. The van der Waals surface area contributed by atoms with Gasteiger partial charge in [-0.05, 0) is 47.0 Å². The van der Waals surface area contributed by atoms with E-state index in [-0.39, 0.29) is 12.5 Å². The Morgan fingerprint density at radius 3 is 2.55 bits per heavy atom. The summed E-state index contributed by atoms with van der Waals surface area (Å²) in [5.74, 6) is 0.649. The molecule has 0 bridgehead atoms. The first kappa shape index (κ1) is 15.8. The van der Waals surface area contributed by atoms with E-state index >= 15 is 0 Å². The van der Waals surface area contributed by atoms with Gasteiger partial charge in [-0.1, -0.05) is 41.6 Å². The van der Waals surface area contributed by atoms with Gasteiger partial charge in [-0.25, -0.2) is 0 Å². The number of nitrogens with one attached hydrogen (secondary N) is 1. The maximum atomic E-state index is 11.9. The van der Waals surface area contributed by atoms with Crippen molar-refractivity contribution in [3.8, 4) is 5.75 Å². The van der Waals surface area contributed by atoms with E-state index in [1.165, 1.54) is 25.7 Å². The number of carbonyl (C=O) groups excluding carboxylic acids is 1. The molecule has 1 aliphatic rings. The number of rotatable bonds is 4. The summed E-state index contributed by atoms with van der Waals surface area (Å²) in [5, 5.41) is 3.07. The molecule has 0 saturated heterocycles. The Hall–Kier alpha value is -0.550. The highest BCUT2D eigenvalue weighted by Crippen LogP contribution is 2.28. The van der Waals surface area contributed by atoms with Gasteiger partial charge in [-0.3, -0.25) is 4.79 Å². The van der Waals surface area contributed by atoms with Crippen molar-refractivity contribution in [1.29, 1.82) is 0 Å². The zero-order valence-electron chi connectivity index (χ0n) is 11.3. The van der Waals surface area contributed by atoms with E-state index in [1.807, 2.05) is 18.2 Å². The summed E-state index contributed by atoms with van der Waals surface area (Å²) in [6.45, 7) is 0.0662. The van der Waals surface area contributed by atoms with Crippen molar-refractivity contribution in [1.82, 2.24) is 5.32 Å². The van der Waals surface area contributed by atoms with Gasteiger partial charge < -0.3 is 10.1 Å². The van der Waals surface area contributed by atoms with Crippen LogP contribution in [0.3, 0.4) is 0 Å². The highest BCUT2D eigenvalue weighted by molar-refractivity contribution is 9.11. The number of hydrogen-bond donors (Lipinski definition) is 1. The normalized spacial score (nSPS) is 16.5. The SMILES string of the molecule is O=C(COc1ccc(Br)cc1Br)NC1CCCCCC1. The Balaban J connectivity index is 1.79. The first-order valence-corrected chi connectivity index (χ1v) is 8.61. The van der Waals surface area contributed by atoms with Crippen LogP contribution in [0.5, 0.6) is 5.75 Å². The van der Waals surface area contributed by atoms with Gasteiger partial charge in [0.1, 0.15) is 5.75 Å². The van der Waals surface area contributed by atoms with Crippen molar-refractivity contribution >= 4 is 37.8 Å². The van der Waals surface area contributed by atoms with Gasteiger partial charge >= 0.3 is 0 Å². The number of carbonyl (C=O) groups is 1. The molecule has 2 rings (SSSR count). The third-order valence-electron chi connectivity index (χ3n) is 3.47. The lowest BCUT2D eigenvalue weighted by atomic mass is 10.1.